The molecule has 0 saturated carbocycles. The minimum Gasteiger partial charge on any atom is -0.399 e. The second-order valence-corrected chi connectivity index (χ2v) is 6.14. The number of carbonyl (C=O) groups is 1. The third kappa shape index (κ3) is 2.66. The summed E-state index contributed by atoms with van der Waals surface area (Å²) in [6, 6.07) is 9.85. The lowest BCUT2D eigenvalue weighted by atomic mass is 9.93. The van der Waals surface area contributed by atoms with Crippen LogP contribution < -0.4 is 5.73 Å². The van der Waals surface area contributed by atoms with Crippen molar-refractivity contribution in [3.63, 3.8) is 0 Å². The standard InChI is InChI=1S/C16H18N2O2S/c1-20-10-15(19)18-8-6-14-13(7-9-21-14)16(18)11-2-4-12(17)5-3-11/h2-5,7,9,16H,6,8,10,17H2,1H3. The first kappa shape index (κ1) is 14.1. The summed E-state index contributed by atoms with van der Waals surface area (Å²) in [5.74, 6) is 0.0242. The largest absolute Gasteiger partial charge is 0.399 e. The number of rotatable bonds is 3. The molecule has 4 nitrogen and oxygen atoms in total. The number of amides is 1. The smallest absolute Gasteiger partial charge is 0.249 e. The average molecular weight is 302 g/mol. The van der Waals surface area contributed by atoms with E-state index in [9.17, 15) is 4.79 Å². The van der Waals surface area contributed by atoms with Crippen LogP contribution in [0.5, 0.6) is 0 Å². The summed E-state index contributed by atoms with van der Waals surface area (Å²) in [4.78, 5) is 15.6. The van der Waals surface area contributed by atoms with E-state index in [4.69, 9.17) is 10.5 Å². The van der Waals surface area contributed by atoms with Gasteiger partial charge in [-0.15, -0.1) is 11.3 Å². The van der Waals surface area contributed by atoms with E-state index in [2.05, 4.69) is 11.4 Å². The van der Waals surface area contributed by atoms with Crippen LogP contribution in [0.2, 0.25) is 0 Å². The van der Waals surface area contributed by atoms with Crippen molar-refractivity contribution in [2.75, 3.05) is 26.0 Å². The molecule has 1 aliphatic heterocycles. The molecule has 2 aromatic rings. The van der Waals surface area contributed by atoms with Crippen molar-refractivity contribution in [2.24, 2.45) is 0 Å². The molecule has 3 rings (SSSR count). The average Bonchev–Trinajstić information content (AvgIpc) is 2.96. The molecule has 110 valence electrons. The number of nitrogens with zero attached hydrogens (tertiary/aromatic N) is 1. The van der Waals surface area contributed by atoms with Crippen LogP contribution in [0.25, 0.3) is 0 Å². The highest BCUT2D eigenvalue weighted by Gasteiger charge is 2.32. The number of thiophene rings is 1. The van der Waals surface area contributed by atoms with Crippen LogP contribution in [0.1, 0.15) is 22.0 Å². The van der Waals surface area contributed by atoms with Gasteiger partial charge in [0.15, 0.2) is 0 Å². The van der Waals surface area contributed by atoms with Gasteiger partial charge < -0.3 is 15.4 Å². The number of benzene rings is 1. The van der Waals surface area contributed by atoms with E-state index < -0.39 is 0 Å². The summed E-state index contributed by atoms with van der Waals surface area (Å²) < 4.78 is 5.02. The van der Waals surface area contributed by atoms with Crippen molar-refractivity contribution in [1.82, 2.24) is 4.90 Å². The summed E-state index contributed by atoms with van der Waals surface area (Å²) in [6.07, 6.45) is 0.911. The van der Waals surface area contributed by atoms with Crippen molar-refractivity contribution in [2.45, 2.75) is 12.5 Å². The van der Waals surface area contributed by atoms with Crippen LogP contribution >= 0.6 is 11.3 Å². The van der Waals surface area contributed by atoms with Gasteiger partial charge in [-0.25, -0.2) is 0 Å². The van der Waals surface area contributed by atoms with Gasteiger partial charge in [0.2, 0.25) is 5.91 Å². The molecule has 0 aliphatic carbocycles. The Morgan fingerprint density at radius 1 is 1.38 bits per heavy atom. The van der Waals surface area contributed by atoms with Gasteiger partial charge in [-0.1, -0.05) is 12.1 Å². The molecular formula is C16H18N2O2S. The van der Waals surface area contributed by atoms with Crippen LogP contribution in [0.4, 0.5) is 5.69 Å². The Hall–Kier alpha value is -1.85. The SMILES string of the molecule is COCC(=O)N1CCc2sccc2C1c1ccc(N)cc1. The molecule has 1 aliphatic rings. The van der Waals surface area contributed by atoms with Gasteiger partial charge >= 0.3 is 0 Å². The number of nitrogen functional groups attached to an aromatic ring is 1. The summed E-state index contributed by atoms with van der Waals surface area (Å²) in [6.45, 7) is 0.843. The van der Waals surface area contributed by atoms with E-state index in [0.29, 0.717) is 0 Å². The maximum absolute atomic E-state index is 12.4. The lowest BCUT2D eigenvalue weighted by Crippen LogP contribution is -2.41. The zero-order valence-corrected chi connectivity index (χ0v) is 12.7. The van der Waals surface area contributed by atoms with Gasteiger partial charge in [0.1, 0.15) is 6.61 Å². The summed E-state index contributed by atoms with van der Waals surface area (Å²) >= 11 is 1.76. The number of methoxy groups -OCH3 is 1. The molecule has 2 heterocycles. The Bertz CT molecular complexity index is 636. The van der Waals surface area contributed by atoms with Crippen molar-refractivity contribution >= 4 is 22.9 Å². The van der Waals surface area contributed by atoms with Crippen LogP contribution in [-0.2, 0) is 16.0 Å². The second-order valence-electron chi connectivity index (χ2n) is 5.14. The molecule has 1 aromatic carbocycles. The highest BCUT2D eigenvalue weighted by atomic mass is 32.1. The van der Waals surface area contributed by atoms with Gasteiger partial charge in [0, 0.05) is 24.2 Å². The van der Waals surface area contributed by atoms with Crippen LogP contribution in [0, 0.1) is 0 Å². The highest BCUT2D eigenvalue weighted by Crippen LogP contribution is 2.37. The number of hydrogen-bond acceptors (Lipinski definition) is 4. The fraction of sp³-hybridized carbons (Fsp3) is 0.312. The van der Waals surface area contributed by atoms with E-state index in [-0.39, 0.29) is 18.6 Å². The van der Waals surface area contributed by atoms with Crippen LogP contribution in [-0.4, -0.2) is 31.1 Å². The Morgan fingerprint density at radius 2 is 2.14 bits per heavy atom. The Labute approximate surface area is 128 Å². The summed E-state index contributed by atoms with van der Waals surface area (Å²) in [5, 5.41) is 2.10. The molecule has 0 spiro atoms. The predicted octanol–water partition coefficient (Wildman–Crippen LogP) is 2.45. The lowest BCUT2D eigenvalue weighted by molar-refractivity contribution is -0.137. The van der Waals surface area contributed by atoms with E-state index in [0.717, 1.165) is 24.2 Å². The fourth-order valence-electron chi connectivity index (χ4n) is 2.83. The molecule has 0 radical (unpaired) electrons. The van der Waals surface area contributed by atoms with Gasteiger partial charge in [0.05, 0.1) is 6.04 Å². The highest BCUT2D eigenvalue weighted by molar-refractivity contribution is 7.10. The number of hydrogen-bond donors (Lipinski definition) is 1. The molecule has 1 unspecified atom stereocenters. The topological polar surface area (TPSA) is 55.6 Å². The quantitative estimate of drug-likeness (QED) is 0.886. The van der Waals surface area contributed by atoms with Crippen LogP contribution in [0.3, 0.4) is 0 Å². The van der Waals surface area contributed by atoms with Gasteiger partial charge in [-0.05, 0) is 41.1 Å². The molecule has 0 bridgehead atoms. The Kier molecular flexibility index (Phi) is 3.94. The molecule has 1 atom stereocenters. The van der Waals surface area contributed by atoms with Crippen molar-refractivity contribution in [3.8, 4) is 0 Å². The van der Waals surface area contributed by atoms with Crippen LogP contribution in [0.15, 0.2) is 35.7 Å². The number of ether oxygens (including phenoxy) is 1. The number of carbonyl (C=O) groups excluding carboxylic acids is 1. The van der Waals surface area contributed by atoms with Gasteiger partial charge in [0.25, 0.3) is 0 Å². The minimum absolute atomic E-state index is 0.0242. The monoisotopic (exact) mass is 302 g/mol. The normalized spacial score (nSPS) is 17.6. The zero-order chi connectivity index (χ0) is 14.8. The number of anilines is 1. The maximum Gasteiger partial charge on any atom is 0.249 e. The molecule has 2 N–H and O–H groups in total. The van der Waals surface area contributed by atoms with Gasteiger partial charge in [-0.3, -0.25) is 4.79 Å². The first-order valence-corrected chi connectivity index (χ1v) is 7.79. The predicted molar refractivity (Wildman–Crippen MR) is 84.3 cm³/mol. The first-order valence-electron chi connectivity index (χ1n) is 6.91. The molecule has 0 saturated heterocycles. The fourth-order valence-corrected chi connectivity index (χ4v) is 3.73. The van der Waals surface area contributed by atoms with Crippen molar-refractivity contribution in [3.05, 3.63) is 51.7 Å². The molecule has 1 aromatic heterocycles. The lowest BCUT2D eigenvalue weighted by Gasteiger charge is -2.36. The maximum atomic E-state index is 12.4. The Balaban J connectivity index is 2.01. The zero-order valence-electron chi connectivity index (χ0n) is 11.9. The summed E-state index contributed by atoms with van der Waals surface area (Å²) in [7, 11) is 1.55. The molecule has 1 amide bonds. The molecule has 5 heteroatoms. The van der Waals surface area contributed by atoms with E-state index in [1.54, 1.807) is 18.4 Å². The number of fused-ring (bicyclic) bond motifs is 1. The third-order valence-corrected chi connectivity index (χ3v) is 4.80. The number of nitrogens with two attached hydrogens (primary N) is 1. The minimum atomic E-state index is -0.0387. The van der Waals surface area contributed by atoms with E-state index in [1.807, 2.05) is 29.2 Å². The van der Waals surface area contributed by atoms with E-state index >= 15 is 0 Å². The summed E-state index contributed by atoms with van der Waals surface area (Å²) in [5.41, 5.74) is 8.82. The first-order chi connectivity index (χ1) is 10.2. The Morgan fingerprint density at radius 3 is 2.86 bits per heavy atom. The second kappa shape index (κ2) is 5.87. The third-order valence-electron chi connectivity index (χ3n) is 3.81. The molecule has 21 heavy (non-hydrogen) atoms. The van der Waals surface area contributed by atoms with E-state index in [1.165, 1.54) is 10.4 Å². The van der Waals surface area contributed by atoms with Crippen molar-refractivity contribution < 1.29 is 9.53 Å². The van der Waals surface area contributed by atoms with Gasteiger partial charge in [-0.2, -0.15) is 0 Å². The van der Waals surface area contributed by atoms with Crippen molar-refractivity contribution in [1.29, 1.82) is 0 Å². The molecule has 0 fully saturated rings. The molecular weight excluding hydrogens is 284 g/mol.